The average molecular weight is 372 g/mol. The molecule has 3 rings (SSSR count). The van der Waals surface area contributed by atoms with Crippen molar-refractivity contribution in [2.75, 3.05) is 14.2 Å². The van der Waals surface area contributed by atoms with Crippen LogP contribution in [0.25, 0.3) is 10.9 Å². The molecule has 0 aliphatic heterocycles. The van der Waals surface area contributed by atoms with E-state index in [9.17, 15) is 13.6 Å². The summed E-state index contributed by atoms with van der Waals surface area (Å²) in [5, 5.41) is 0.878. The van der Waals surface area contributed by atoms with Crippen molar-refractivity contribution in [2.45, 2.75) is 13.2 Å². The minimum Gasteiger partial charge on any atom is -0.497 e. The Morgan fingerprint density at radius 3 is 2.44 bits per heavy atom. The highest BCUT2D eigenvalue weighted by molar-refractivity contribution is 5.94. The molecule has 2 aromatic carbocycles. The molecule has 7 heteroatoms. The number of hydrogen-bond acceptors (Lipinski definition) is 4. The van der Waals surface area contributed by atoms with Crippen LogP contribution in [0.2, 0.25) is 0 Å². The highest BCUT2D eigenvalue weighted by Gasteiger charge is 2.14. The summed E-state index contributed by atoms with van der Waals surface area (Å²) in [6.45, 7) is -2.55. The van der Waals surface area contributed by atoms with Crippen LogP contribution in [-0.4, -0.2) is 36.6 Å². The molecule has 0 atom stereocenters. The van der Waals surface area contributed by atoms with Crippen LogP contribution in [0.4, 0.5) is 8.78 Å². The van der Waals surface area contributed by atoms with Crippen molar-refractivity contribution in [3.05, 3.63) is 65.9 Å². The van der Waals surface area contributed by atoms with Gasteiger partial charge in [-0.25, -0.2) is 4.98 Å². The van der Waals surface area contributed by atoms with Gasteiger partial charge in [-0.3, -0.25) is 4.79 Å². The number of benzene rings is 2. The number of rotatable bonds is 6. The van der Waals surface area contributed by atoms with E-state index >= 15 is 0 Å². The number of methoxy groups -OCH3 is 1. The maximum Gasteiger partial charge on any atom is 0.387 e. The van der Waals surface area contributed by atoms with E-state index in [-0.39, 0.29) is 11.7 Å². The molecule has 0 aliphatic rings. The zero-order valence-electron chi connectivity index (χ0n) is 14.9. The van der Waals surface area contributed by atoms with Crippen molar-refractivity contribution in [3.63, 3.8) is 0 Å². The molecular weight excluding hydrogens is 354 g/mol. The quantitative estimate of drug-likeness (QED) is 0.653. The van der Waals surface area contributed by atoms with Crippen LogP contribution >= 0.6 is 0 Å². The molecule has 1 heterocycles. The number of aromatic nitrogens is 1. The number of halogens is 2. The SMILES string of the molecule is COc1ccc2nc(C(=O)N(C)Cc3ccc(OC(F)F)cc3)ccc2c1. The summed E-state index contributed by atoms with van der Waals surface area (Å²) < 4.78 is 33.9. The molecular formula is C20H18F2N2O3. The Hall–Kier alpha value is -3.22. The molecule has 1 amide bonds. The highest BCUT2D eigenvalue weighted by atomic mass is 19.3. The fraction of sp³-hybridized carbons (Fsp3) is 0.200. The van der Waals surface area contributed by atoms with E-state index in [0.29, 0.717) is 17.8 Å². The first-order valence-electron chi connectivity index (χ1n) is 8.20. The molecule has 0 saturated carbocycles. The molecule has 3 aromatic rings. The molecule has 0 fully saturated rings. The summed E-state index contributed by atoms with van der Waals surface area (Å²) in [5.74, 6) is 0.565. The first-order valence-corrected chi connectivity index (χ1v) is 8.20. The maximum absolute atomic E-state index is 12.6. The Morgan fingerprint density at radius 1 is 1.07 bits per heavy atom. The van der Waals surface area contributed by atoms with Crippen LogP contribution in [0.15, 0.2) is 54.6 Å². The first kappa shape index (κ1) is 18.6. The van der Waals surface area contributed by atoms with E-state index in [4.69, 9.17) is 4.74 Å². The number of hydrogen-bond donors (Lipinski definition) is 0. The number of fused-ring (bicyclic) bond motifs is 1. The van der Waals surface area contributed by atoms with Gasteiger partial charge in [-0.2, -0.15) is 8.78 Å². The predicted octanol–water partition coefficient (Wildman–Crippen LogP) is 4.12. The maximum atomic E-state index is 12.6. The van der Waals surface area contributed by atoms with Crippen LogP contribution in [0.3, 0.4) is 0 Å². The molecule has 5 nitrogen and oxygen atoms in total. The molecule has 27 heavy (non-hydrogen) atoms. The van der Waals surface area contributed by atoms with Crippen molar-refractivity contribution in [1.29, 1.82) is 0 Å². The zero-order valence-corrected chi connectivity index (χ0v) is 14.9. The molecule has 0 unspecified atom stereocenters. The largest absolute Gasteiger partial charge is 0.497 e. The summed E-state index contributed by atoms with van der Waals surface area (Å²) in [6.07, 6.45) is 0. The van der Waals surface area contributed by atoms with Gasteiger partial charge in [0, 0.05) is 19.0 Å². The summed E-state index contributed by atoms with van der Waals surface area (Å²) in [4.78, 5) is 18.6. The fourth-order valence-electron chi connectivity index (χ4n) is 2.67. The molecule has 0 bridgehead atoms. The lowest BCUT2D eigenvalue weighted by Gasteiger charge is -2.17. The monoisotopic (exact) mass is 372 g/mol. The van der Waals surface area contributed by atoms with Crippen LogP contribution in [0.5, 0.6) is 11.5 Å². The van der Waals surface area contributed by atoms with Crippen LogP contribution in [-0.2, 0) is 6.54 Å². The second kappa shape index (κ2) is 7.99. The van der Waals surface area contributed by atoms with Gasteiger partial charge in [-0.15, -0.1) is 0 Å². The lowest BCUT2D eigenvalue weighted by Crippen LogP contribution is -2.27. The van der Waals surface area contributed by atoms with Crippen molar-refractivity contribution >= 4 is 16.8 Å². The van der Waals surface area contributed by atoms with E-state index in [0.717, 1.165) is 16.7 Å². The van der Waals surface area contributed by atoms with Crippen LogP contribution < -0.4 is 9.47 Å². The van der Waals surface area contributed by atoms with Gasteiger partial charge in [0.15, 0.2) is 0 Å². The van der Waals surface area contributed by atoms with Gasteiger partial charge in [0.2, 0.25) is 0 Å². The lowest BCUT2D eigenvalue weighted by atomic mass is 10.1. The summed E-state index contributed by atoms with van der Waals surface area (Å²) >= 11 is 0. The predicted molar refractivity (Wildman–Crippen MR) is 97.2 cm³/mol. The molecule has 1 aromatic heterocycles. The van der Waals surface area contributed by atoms with E-state index < -0.39 is 6.61 Å². The van der Waals surface area contributed by atoms with Gasteiger partial charge < -0.3 is 14.4 Å². The van der Waals surface area contributed by atoms with Crippen molar-refractivity contribution in [3.8, 4) is 11.5 Å². The fourth-order valence-corrected chi connectivity index (χ4v) is 2.67. The average Bonchev–Trinajstić information content (AvgIpc) is 2.67. The molecule has 0 aliphatic carbocycles. The van der Waals surface area contributed by atoms with Gasteiger partial charge in [-0.1, -0.05) is 18.2 Å². The number of carbonyl (C=O) groups excluding carboxylic acids is 1. The van der Waals surface area contributed by atoms with E-state index in [1.165, 1.54) is 17.0 Å². The van der Waals surface area contributed by atoms with Crippen LogP contribution in [0.1, 0.15) is 16.1 Å². The van der Waals surface area contributed by atoms with Gasteiger partial charge in [0.1, 0.15) is 17.2 Å². The van der Waals surface area contributed by atoms with Crippen molar-refractivity contribution in [1.82, 2.24) is 9.88 Å². The second-order valence-corrected chi connectivity index (χ2v) is 5.94. The summed E-state index contributed by atoms with van der Waals surface area (Å²) in [7, 11) is 3.25. The third kappa shape index (κ3) is 4.49. The summed E-state index contributed by atoms with van der Waals surface area (Å²) in [5.41, 5.74) is 1.81. The number of amides is 1. The van der Waals surface area contributed by atoms with Crippen molar-refractivity contribution in [2.24, 2.45) is 0 Å². The Morgan fingerprint density at radius 2 is 1.78 bits per heavy atom. The topological polar surface area (TPSA) is 51.7 Å². The highest BCUT2D eigenvalue weighted by Crippen LogP contribution is 2.20. The van der Waals surface area contributed by atoms with E-state index in [1.54, 1.807) is 44.5 Å². The summed E-state index contributed by atoms with van der Waals surface area (Å²) in [6, 6.07) is 15.1. The Labute approximate surface area is 155 Å². The van der Waals surface area contributed by atoms with Gasteiger partial charge in [-0.05, 0) is 42.0 Å². The second-order valence-electron chi connectivity index (χ2n) is 5.94. The Balaban J connectivity index is 1.72. The minimum absolute atomic E-state index is 0.0781. The number of carbonyl (C=O) groups is 1. The molecule has 0 radical (unpaired) electrons. The lowest BCUT2D eigenvalue weighted by molar-refractivity contribution is -0.0498. The Kier molecular flexibility index (Phi) is 5.49. The van der Waals surface area contributed by atoms with Gasteiger partial charge in [0.05, 0.1) is 12.6 Å². The van der Waals surface area contributed by atoms with Crippen molar-refractivity contribution < 1.29 is 23.0 Å². The normalized spacial score (nSPS) is 10.9. The third-order valence-electron chi connectivity index (χ3n) is 4.03. The number of alkyl halides is 2. The van der Waals surface area contributed by atoms with Gasteiger partial charge in [0.25, 0.3) is 5.91 Å². The first-order chi connectivity index (χ1) is 13.0. The Bertz CT molecular complexity index is 946. The minimum atomic E-state index is -2.86. The number of ether oxygens (including phenoxy) is 2. The molecule has 0 saturated heterocycles. The van der Waals surface area contributed by atoms with Gasteiger partial charge >= 0.3 is 6.61 Å². The molecule has 140 valence electrons. The standard InChI is InChI=1S/C20H18F2N2O3/c1-24(12-13-3-6-15(7-4-13)27-20(21)22)19(25)18-9-5-14-11-16(26-2)8-10-17(14)23-18/h3-11,20H,12H2,1-2H3. The molecule has 0 spiro atoms. The van der Waals surface area contributed by atoms with E-state index in [1.807, 2.05) is 12.1 Å². The van der Waals surface area contributed by atoms with E-state index in [2.05, 4.69) is 9.72 Å². The third-order valence-corrected chi connectivity index (χ3v) is 4.03. The zero-order chi connectivity index (χ0) is 19.4. The molecule has 0 N–H and O–H groups in total. The van der Waals surface area contributed by atoms with Crippen LogP contribution in [0, 0.1) is 0 Å². The number of nitrogens with zero attached hydrogens (tertiary/aromatic N) is 2. The number of pyridine rings is 1. The smallest absolute Gasteiger partial charge is 0.387 e.